The largest absolute Gasteiger partial charge is 0.508 e. The number of nitrogens with zero attached hydrogens (tertiary/aromatic N) is 4. The highest BCUT2D eigenvalue weighted by atomic mass is 19.1. The molecule has 1 N–H and O–H groups in total. The van der Waals surface area contributed by atoms with Gasteiger partial charge in [-0.05, 0) is 69.2 Å². The summed E-state index contributed by atoms with van der Waals surface area (Å²) in [6.45, 7) is 3.30. The minimum absolute atomic E-state index is 0.0760. The first kappa shape index (κ1) is 25.0. The first-order valence-electron chi connectivity index (χ1n) is 14.4. The standard InChI is InChI=1S/C31H30F2N4O4/c1-16-26-25(29(39)41-27(16)22-12-21(38)10-17-4-2-5-23(33)24(17)22)28(37-19-6-7-20(37)11-19)35-30(34-26)40-15-31-8-3-9-36(31)14-18(32)13-31/h2,4-5,10,12,18-20,38H,3,6-9,11,13-15H2,1H3/t18-,19?,20?,31+/m1/s1. The van der Waals surface area contributed by atoms with Crippen LogP contribution in [0.2, 0.25) is 0 Å². The number of aromatic nitrogens is 2. The summed E-state index contributed by atoms with van der Waals surface area (Å²) < 4.78 is 41.6. The Kier molecular flexibility index (Phi) is 5.39. The molecule has 212 valence electrons. The predicted octanol–water partition coefficient (Wildman–Crippen LogP) is 5.25. The van der Waals surface area contributed by atoms with E-state index in [1.807, 2.05) is 0 Å². The molecule has 4 saturated heterocycles. The molecule has 4 aromatic rings. The Labute approximate surface area is 234 Å². The summed E-state index contributed by atoms with van der Waals surface area (Å²) in [4.78, 5) is 27.5. The van der Waals surface area contributed by atoms with Crippen LogP contribution in [0.4, 0.5) is 14.6 Å². The maximum absolute atomic E-state index is 15.1. The van der Waals surface area contributed by atoms with Gasteiger partial charge in [-0.3, -0.25) is 4.90 Å². The molecular formula is C31H30F2N4O4. The number of rotatable bonds is 5. The zero-order valence-corrected chi connectivity index (χ0v) is 22.7. The quantitative estimate of drug-likeness (QED) is 0.354. The highest BCUT2D eigenvalue weighted by molar-refractivity contribution is 6.01. The Morgan fingerprint density at radius 3 is 2.83 bits per heavy atom. The third-order valence-electron chi connectivity index (χ3n) is 9.76. The van der Waals surface area contributed by atoms with E-state index in [0.29, 0.717) is 47.3 Å². The molecule has 2 aromatic heterocycles. The molecule has 4 aliphatic heterocycles. The molecule has 0 amide bonds. The van der Waals surface area contributed by atoms with Crippen LogP contribution in [0, 0.1) is 12.7 Å². The Bertz CT molecular complexity index is 1780. The number of aryl methyl sites for hydroxylation is 1. The number of anilines is 1. The molecule has 1 aliphatic carbocycles. The number of hydrogen-bond acceptors (Lipinski definition) is 8. The molecule has 10 heteroatoms. The second-order valence-corrected chi connectivity index (χ2v) is 12.1. The van der Waals surface area contributed by atoms with Crippen LogP contribution in [0.3, 0.4) is 0 Å². The smallest absolute Gasteiger partial charge is 0.349 e. The first-order valence-corrected chi connectivity index (χ1v) is 14.4. The molecule has 2 aromatic carbocycles. The van der Waals surface area contributed by atoms with Crippen molar-refractivity contribution in [1.82, 2.24) is 14.9 Å². The zero-order chi connectivity index (χ0) is 28.0. The van der Waals surface area contributed by atoms with Gasteiger partial charge in [0.1, 0.15) is 35.5 Å². The average molecular weight is 561 g/mol. The monoisotopic (exact) mass is 560 g/mol. The molecule has 4 atom stereocenters. The Hall–Kier alpha value is -3.79. The zero-order valence-electron chi connectivity index (χ0n) is 22.7. The molecule has 0 radical (unpaired) electrons. The summed E-state index contributed by atoms with van der Waals surface area (Å²) in [5.74, 6) is 0.0576. The third kappa shape index (κ3) is 3.69. The molecule has 2 unspecified atom stereocenters. The molecule has 6 heterocycles. The van der Waals surface area contributed by atoms with E-state index in [9.17, 15) is 14.3 Å². The van der Waals surface area contributed by atoms with Crippen molar-refractivity contribution in [3.63, 3.8) is 0 Å². The van der Waals surface area contributed by atoms with Gasteiger partial charge in [0.25, 0.3) is 0 Å². The summed E-state index contributed by atoms with van der Waals surface area (Å²) in [7, 11) is 0. The van der Waals surface area contributed by atoms with E-state index in [1.165, 1.54) is 18.2 Å². The van der Waals surface area contributed by atoms with Crippen LogP contribution in [0.25, 0.3) is 33.0 Å². The summed E-state index contributed by atoms with van der Waals surface area (Å²) >= 11 is 0. The van der Waals surface area contributed by atoms with Crippen LogP contribution in [0.1, 0.15) is 44.1 Å². The van der Waals surface area contributed by atoms with Crippen molar-refractivity contribution in [1.29, 1.82) is 0 Å². The molecule has 1 saturated carbocycles. The van der Waals surface area contributed by atoms with Crippen molar-refractivity contribution in [3.8, 4) is 23.1 Å². The van der Waals surface area contributed by atoms with Crippen molar-refractivity contribution >= 4 is 27.5 Å². The van der Waals surface area contributed by atoms with Crippen molar-refractivity contribution < 1.29 is 23.0 Å². The normalized spacial score (nSPS) is 27.1. The second kappa shape index (κ2) is 8.85. The van der Waals surface area contributed by atoms with Gasteiger partial charge in [0, 0.05) is 41.6 Å². The van der Waals surface area contributed by atoms with Gasteiger partial charge < -0.3 is 19.2 Å². The van der Waals surface area contributed by atoms with Crippen LogP contribution >= 0.6 is 0 Å². The van der Waals surface area contributed by atoms with Crippen LogP contribution in [0.5, 0.6) is 11.8 Å². The summed E-state index contributed by atoms with van der Waals surface area (Å²) in [6.07, 6.45) is 4.50. The van der Waals surface area contributed by atoms with Gasteiger partial charge in [0.05, 0.1) is 11.1 Å². The van der Waals surface area contributed by atoms with Crippen molar-refractivity contribution in [2.75, 3.05) is 24.6 Å². The van der Waals surface area contributed by atoms with Crippen molar-refractivity contribution in [2.24, 2.45) is 0 Å². The summed E-state index contributed by atoms with van der Waals surface area (Å²) in [6, 6.07) is 8.18. The van der Waals surface area contributed by atoms with Gasteiger partial charge in [0.15, 0.2) is 5.82 Å². The number of benzene rings is 2. The van der Waals surface area contributed by atoms with Crippen LogP contribution in [0.15, 0.2) is 39.5 Å². The van der Waals surface area contributed by atoms with E-state index in [2.05, 4.69) is 9.80 Å². The van der Waals surface area contributed by atoms with Crippen molar-refractivity contribution in [2.45, 2.75) is 69.2 Å². The fourth-order valence-corrected chi connectivity index (χ4v) is 7.86. The summed E-state index contributed by atoms with van der Waals surface area (Å²) in [5.41, 5.74) is 0.147. The maximum atomic E-state index is 15.1. The highest BCUT2D eigenvalue weighted by Gasteiger charge is 2.50. The van der Waals surface area contributed by atoms with Crippen LogP contribution < -0.4 is 15.3 Å². The highest BCUT2D eigenvalue weighted by Crippen LogP contribution is 2.46. The minimum Gasteiger partial charge on any atom is -0.508 e. The van der Waals surface area contributed by atoms with Crippen LogP contribution in [-0.2, 0) is 0 Å². The van der Waals surface area contributed by atoms with Gasteiger partial charge in [-0.25, -0.2) is 13.6 Å². The Morgan fingerprint density at radius 2 is 2.02 bits per heavy atom. The number of phenolic OH excluding ortho intramolecular Hbond substituents is 1. The number of aromatic hydroxyl groups is 1. The van der Waals surface area contributed by atoms with E-state index >= 15 is 4.39 Å². The lowest BCUT2D eigenvalue weighted by atomic mass is 9.95. The first-order chi connectivity index (χ1) is 19.8. The lowest BCUT2D eigenvalue weighted by Crippen LogP contribution is -2.49. The number of hydrogen-bond donors (Lipinski definition) is 1. The molecule has 0 spiro atoms. The fourth-order valence-electron chi connectivity index (χ4n) is 7.86. The molecule has 5 aliphatic rings. The van der Waals surface area contributed by atoms with Gasteiger partial charge in [-0.15, -0.1) is 0 Å². The maximum Gasteiger partial charge on any atom is 0.349 e. The van der Waals surface area contributed by atoms with Gasteiger partial charge in [-0.2, -0.15) is 9.97 Å². The average Bonchev–Trinajstić information content (AvgIpc) is 3.71. The molecule has 41 heavy (non-hydrogen) atoms. The third-order valence-corrected chi connectivity index (χ3v) is 9.76. The SMILES string of the molecule is Cc1c(-c2cc(O)cc3cccc(F)c23)oc(=O)c2c(N3C4CCC3C4)nc(OC[C@@]34CCCN3C[C@H](F)C4)nc12. The van der Waals surface area contributed by atoms with E-state index in [4.69, 9.17) is 19.1 Å². The lowest BCUT2D eigenvalue weighted by molar-refractivity contribution is 0.107. The fraction of sp³-hybridized carbons (Fsp3) is 0.452. The molecule has 5 fully saturated rings. The van der Waals surface area contributed by atoms with E-state index in [1.54, 1.807) is 19.1 Å². The topological polar surface area (TPSA) is 91.9 Å². The molecular weight excluding hydrogens is 530 g/mol. The number of ether oxygens (including phenoxy) is 1. The molecule has 2 bridgehead atoms. The van der Waals surface area contributed by atoms with Crippen LogP contribution in [-0.4, -0.2) is 63.5 Å². The van der Waals surface area contributed by atoms with E-state index in [-0.39, 0.29) is 46.0 Å². The summed E-state index contributed by atoms with van der Waals surface area (Å²) in [5, 5.41) is 11.4. The van der Waals surface area contributed by atoms with Gasteiger partial charge in [0.2, 0.25) is 0 Å². The van der Waals surface area contributed by atoms with E-state index in [0.717, 1.165) is 38.6 Å². The number of alkyl halides is 1. The molecule has 9 rings (SSSR count). The molecule has 8 nitrogen and oxygen atoms in total. The second-order valence-electron chi connectivity index (χ2n) is 12.1. The Balaban J connectivity index is 1.30. The van der Waals surface area contributed by atoms with E-state index < -0.39 is 17.6 Å². The van der Waals surface area contributed by atoms with Crippen molar-refractivity contribution in [3.05, 3.63) is 52.1 Å². The minimum atomic E-state index is -0.879. The number of fused-ring (bicyclic) bond motifs is 4. The predicted molar refractivity (Wildman–Crippen MR) is 150 cm³/mol. The lowest BCUT2D eigenvalue weighted by Gasteiger charge is -2.42. The number of phenols is 1. The number of halogens is 2. The Morgan fingerprint density at radius 1 is 1.20 bits per heavy atom. The van der Waals surface area contributed by atoms with Gasteiger partial charge >= 0.3 is 11.6 Å². The van der Waals surface area contributed by atoms with Gasteiger partial charge in [-0.1, -0.05) is 12.1 Å².